The van der Waals surface area contributed by atoms with Crippen LogP contribution in [-0.2, 0) is 0 Å². The second kappa shape index (κ2) is 5.92. The third-order valence-corrected chi connectivity index (χ3v) is 3.72. The van der Waals surface area contributed by atoms with E-state index in [-0.39, 0.29) is 17.9 Å². The average Bonchev–Trinajstić information content (AvgIpc) is 2.35. The summed E-state index contributed by atoms with van der Waals surface area (Å²) in [6, 6.07) is 5.10. The zero-order chi connectivity index (χ0) is 13.8. The summed E-state index contributed by atoms with van der Waals surface area (Å²) in [4.78, 5) is 11.7. The Morgan fingerprint density at radius 2 is 2.21 bits per heavy atom. The monoisotopic (exact) mass is 326 g/mol. The standard InChI is InChI=1S/C12H15BrN4O2/c13-9-6-7(11(14)17-19)4-5-10(9)16-12(18)15-8-2-1-3-8/h4-6,8,19H,1-3H2,(H2,14,17)(H2,15,16,18). The van der Waals surface area contributed by atoms with Crippen molar-refractivity contribution in [1.29, 1.82) is 0 Å². The van der Waals surface area contributed by atoms with Gasteiger partial charge in [0.05, 0.1) is 5.69 Å². The number of halogens is 1. The molecule has 0 spiro atoms. The zero-order valence-electron chi connectivity index (χ0n) is 10.2. The van der Waals surface area contributed by atoms with E-state index in [2.05, 4.69) is 31.7 Å². The molecule has 0 unspecified atom stereocenters. The van der Waals surface area contributed by atoms with E-state index in [1.165, 1.54) is 6.42 Å². The summed E-state index contributed by atoms with van der Waals surface area (Å²) in [7, 11) is 0. The summed E-state index contributed by atoms with van der Waals surface area (Å²) in [5.41, 5.74) is 6.69. The van der Waals surface area contributed by atoms with E-state index >= 15 is 0 Å². The van der Waals surface area contributed by atoms with Gasteiger partial charge in [-0.05, 0) is 53.4 Å². The molecule has 2 amide bonds. The number of anilines is 1. The largest absolute Gasteiger partial charge is 0.409 e. The van der Waals surface area contributed by atoms with Gasteiger partial charge in [-0.25, -0.2) is 4.79 Å². The van der Waals surface area contributed by atoms with Gasteiger partial charge in [0, 0.05) is 16.1 Å². The highest BCUT2D eigenvalue weighted by Gasteiger charge is 2.19. The van der Waals surface area contributed by atoms with E-state index in [4.69, 9.17) is 10.9 Å². The van der Waals surface area contributed by atoms with Gasteiger partial charge < -0.3 is 21.6 Å². The Kier molecular flexibility index (Phi) is 4.26. The Bertz CT molecular complexity index is 514. The first-order chi connectivity index (χ1) is 9.10. The molecule has 6 nitrogen and oxygen atoms in total. The molecule has 0 aromatic heterocycles. The number of rotatable bonds is 3. The molecule has 0 heterocycles. The molecule has 1 aliphatic carbocycles. The van der Waals surface area contributed by atoms with Crippen molar-refractivity contribution in [3.8, 4) is 0 Å². The number of urea groups is 1. The van der Waals surface area contributed by atoms with Crippen LogP contribution >= 0.6 is 15.9 Å². The first-order valence-corrected chi connectivity index (χ1v) is 6.74. The number of hydrogen-bond donors (Lipinski definition) is 4. The molecule has 7 heteroatoms. The lowest BCUT2D eigenvalue weighted by molar-refractivity contribution is 0.240. The molecule has 1 aromatic carbocycles. The van der Waals surface area contributed by atoms with Crippen LogP contribution in [0.1, 0.15) is 24.8 Å². The fourth-order valence-corrected chi connectivity index (χ4v) is 2.21. The summed E-state index contributed by atoms with van der Waals surface area (Å²) < 4.78 is 0.667. The van der Waals surface area contributed by atoms with Crippen molar-refractivity contribution in [2.24, 2.45) is 10.9 Å². The average molecular weight is 327 g/mol. The van der Waals surface area contributed by atoms with Crippen LogP contribution in [0.3, 0.4) is 0 Å². The van der Waals surface area contributed by atoms with Gasteiger partial charge in [-0.1, -0.05) is 5.16 Å². The Morgan fingerprint density at radius 1 is 1.47 bits per heavy atom. The van der Waals surface area contributed by atoms with E-state index in [9.17, 15) is 4.79 Å². The minimum absolute atomic E-state index is 0.0196. The predicted octanol–water partition coefficient (Wildman–Crippen LogP) is 2.22. The maximum absolute atomic E-state index is 11.7. The summed E-state index contributed by atoms with van der Waals surface area (Å²) >= 11 is 3.34. The van der Waals surface area contributed by atoms with Crippen molar-refractivity contribution >= 4 is 33.5 Å². The maximum atomic E-state index is 11.7. The molecule has 0 radical (unpaired) electrons. The van der Waals surface area contributed by atoms with E-state index in [0.29, 0.717) is 15.7 Å². The van der Waals surface area contributed by atoms with Crippen LogP contribution in [0.2, 0.25) is 0 Å². The topological polar surface area (TPSA) is 99.7 Å². The van der Waals surface area contributed by atoms with Gasteiger partial charge in [-0.3, -0.25) is 0 Å². The zero-order valence-corrected chi connectivity index (χ0v) is 11.8. The van der Waals surface area contributed by atoms with Crippen molar-refractivity contribution in [2.75, 3.05) is 5.32 Å². The summed E-state index contributed by atoms with van der Waals surface area (Å²) in [5, 5.41) is 17.2. The lowest BCUT2D eigenvalue weighted by Gasteiger charge is -2.26. The van der Waals surface area contributed by atoms with Gasteiger partial charge in [0.15, 0.2) is 5.84 Å². The van der Waals surface area contributed by atoms with Crippen LogP contribution in [0.25, 0.3) is 0 Å². The Morgan fingerprint density at radius 3 is 2.74 bits per heavy atom. The fourth-order valence-electron chi connectivity index (χ4n) is 1.73. The fraction of sp³-hybridized carbons (Fsp3) is 0.333. The number of carbonyl (C=O) groups excluding carboxylic acids is 1. The van der Waals surface area contributed by atoms with Crippen molar-refractivity contribution in [3.63, 3.8) is 0 Å². The molecule has 5 N–H and O–H groups in total. The van der Waals surface area contributed by atoms with Gasteiger partial charge in [-0.2, -0.15) is 0 Å². The SMILES string of the molecule is N/C(=N/O)c1ccc(NC(=O)NC2CCC2)c(Br)c1. The maximum Gasteiger partial charge on any atom is 0.319 e. The molecule has 0 aliphatic heterocycles. The first kappa shape index (κ1) is 13.7. The number of hydrogen-bond acceptors (Lipinski definition) is 3. The van der Waals surface area contributed by atoms with Gasteiger partial charge in [0.2, 0.25) is 0 Å². The number of amidine groups is 1. The molecule has 0 bridgehead atoms. The van der Waals surface area contributed by atoms with Crippen LogP contribution in [0.15, 0.2) is 27.8 Å². The number of nitrogens with two attached hydrogens (primary N) is 1. The normalized spacial score (nSPS) is 15.7. The molecule has 19 heavy (non-hydrogen) atoms. The van der Waals surface area contributed by atoms with E-state index in [1.54, 1.807) is 18.2 Å². The lowest BCUT2D eigenvalue weighted by Crippen LogP contribution is -2.41. The second-order valence-corrected chi connectivity index (χ2v) is 5.26. The van der Waals surface area contributed by atoms with Gasteiger partial charge in [0.1, 0.15) is 0 Å². The van der Waals surface area contributed by atoms with Crippen molar-refractivity contribution in [1.82, 2.24) is 5.32 Å². The highest BCUT2D eigenvalue weighted by molar-refractivity contribution is 9.10. The highest BCUT2D eigenvalue weighted by atomic mass is 79.9. The number of carbonyl (C=O) groups is 1. The molecule has 1 aliphatic rings. The van der Waals surface area contributed by atoms with Crippen LogP contribution in [0.5, 0.6) is 0 Å². The number of nitrogens with zero attached hydrogens (tertiary/aromatic N) is 1. The van der Waals surface area contributed by atoms with Crippen LogP contribution in [0.4, 0.5) is 10.5 Å². The molecular formula is C12H15BrN4O2. The minimum Gasteiger partial charge on any atom is -0.409 e. The number of oxime groups is 1. The van der Waals surface area contributed by atoms with Crippen molar-refractivity contribution in [2.45, 2.75) is 25.3 Å². The van der Waals surface area contributed by atoms with E-state index in [0.717, 1.165) is 12.8 Å². The lowest BCUT2D eigenvalue weighted by atomic mass is 9.93. The number of benzene rings is 1. The molecule has 0 saturated heterocycles. The molecule has 1 fully saturated rings. The molecular weight excluding hydrogens is 312 g/mol. The Hall–Kier alpha value is -1.76. The number of nitrogens with one attached hydrogen (secondary N) is 2. The summed E-state index contributed by atoms with van der Waals surface area (Å²) in [5.74, 6) is 0.0196. The molecule has 1 aromatic rings. The minimum atomic E-state index is -0.220. The molecule has 0 atom stereocenters. The van der Waals surface area contributed by atoms with Gasteiger partial charge in [-0.15, -0.1) is 0 Å². The van der Waals surface area contributed by atoms with Crippen molar-refractivity contribution < 1.29 is 10.0 Å². The summed E-state index contributed by atoms with van der Waals surface area (Å²) in [6.07, 6.45) is 3.25. The number of amides is 2. The van der Waals surface area contributed by atoms with Gasteiger partial charge >= 0.3 is 6.03 Å². The smallest absolute Gasteiger partial charge is 0.319 e. The third kappa shape index (κ3) is 3.37. The van der Waals surface area contributed by atoms with Crippen LogP contribution in [-0.4, -0.2) is 23.1 Å². The van der Waals surface area contributed by atoms with Crippen molar-refractivity contribution in [3.05, 3.63) is 28.2 Å². The first-order valence-electron chi connectivity index (χ1n) is 5.95. The molecule has 2 rings (SSSR count). The Balaban J connectivity index is 2.02. The van der Waals surface area contributed by atoms with E-state index < -0.39 is 0 Å². The van der Waals surface area contributed by atoms with Gasteiger partial charge in [0.25, 0.3) is 0 Å². The van der Waals surface area contributed by atoms with Crippen LogP contribution in [0, 0.1) is 0 Å². The second-order valence-electron chi connectivity index (χ2n) is 4.41. The highest BCUT2D eigenvalue weighted by Crippen LogP contribution is 2.24. The third-order valence-electron chi connectivity index (χ3n) is 3.06. The summed E-state index contributed by atoms with van der Waals surface area (Å²) in [6.45, 7) is 0. The van der Waals surface area contributed by atoms with E-state index in [1.807, 2.05) is 0 Å². The molecule has 102 valence electrons. The van der Waals surface area contributed by atoms with Crippen LogP contribution < -0.4 is 16.4 Å². The Labute approximate surface area is 119 Å². The quantitative estimate of drug-likeness (QED) is 0.296. The predicted molar refractivity (Wildman–Crippen MR) is 76.4 cm³/mol. The molecule has 1 saturated carbocycles.